The predicted molar refractivity (Wildman–Crippen MR) is 85.6 cm³/mol. The standard InChI is InChI=1S/C14H26N4OS/c1-6-15-13(17-10-14(3,4)19-5)16-8-7-12-9-20-11(2)18-12/h9H,6-8,10H2,1-5H3,(H2,15,16,17). The average Bonchev–Trinajstić information content (AvgIpc) is 2.82. The van der Waals surface area contributed by atoms with Crippen molar-refractivity contribution in [1.29, 1.82) is 0 Å². The lowest BCUT2D eigenvalue weighted by atomic mass is 10.1. The molecule has 0 fully saturated rings. The van der Waals surface area contributed by atoms with Gasteiger partial charge in [0.15, 0.2) is 5.96 Å². The van der Waals surface area contributed by atoms with E-state index in [1.165, 1.54) is 0 Å². The molecule has 6 heteroatoms. The Bertz CT molecular complexity index is 429. The third kappa shape index (κ3) is 6.34. The molecule has 0 aromatic carbocycles. The highest BCUT2D eigenvalue weighted by Gasteiger charge is 2.15. The van der Waals surface area contributed by atoms with Crippen LogP contribution in [-0.4, -0.2) is 43.3 Å². The summed E-state index contributed by atoms with van der Waals surface area (Å²) in [5.74, 6) is 0.824. The van der Waals surface area contributed by atoms with Crippen LogP contribution in [0.1, 0.15) is 31.5 Å². The molecular formula is C14H26N4OS. The van der Waals surface area contributed by atoms with Crippen LogP contribution in [0.15, 0.2) is 10.4 Å². The lowest BCUT2D eigenvalue weighted by molar-refractivity contribution is 0.0310. The van der Waals surface area contributed by atoms with Gasteiger partial charge >= 0.3 is 0 Å². The van der Waals surface area contributed by atoms with Crippen LogP contribution < -0.4 is 10.6 Å². The Labute approximate surface area is 125 Å². The molecule has 1 heterocycles. The number of ether oxygens (including phenoxy) is 1. The third-order valence-corrected chi connectivity index (χ3v) is 3.68. The Morgan fingerprint density at radius 1 is 1.45 bits per heavy atom. The summed E-state index contributed by atoms with van der Waals surface area (Å²) in [5, 5.41) is 9.78. The largest absolute Gasteiger partial charge is 0.377 e. The van der Waals surface area contributed by atoms with Gasteiger partial charge in [0.1, 0.15) is 0 Å². The second kappa shape index (κ2) is 8.21. The predicted octanol–water partition coefficient (Wildman–Crippen LogP) is 1.97. The molecule has 0 amide bonds. The minimum Gasteiger partial charge on any atom is -0.377 e. The van der Waals surface area contributed by atoms with Crippen molar-refractivity contribution in [1.82, 2.24) is 15.6 Å². The summed E-state index contributed by atoms with van der Waals surface area (Å²) < 4.78 is 5.37. The summed E-state index contributed by atoms with van der Waals surface area (Å²) in [4.78, 5) is 8.99. The SMILES string of the molecule is CCNC(=NCC(C)(C)OC)NCCc1csc(C)n1. The summed E-state index contributed by atoms with van der Waals surface area (Å²) >= 11 is 1.69. The van der Waals surface area contributed by atoms with E-state index >= 15 is 0 Å². The highest BCUT2D eigenvalue weighted by atomic mass is 32.1. The molecule has 0 aliphatic carbocycles. The first-order valence-electron chi connectivity index (χ1n) is 6.95. The molecule has 20 heavy (non-hydrogen) atoms. The van der Waals surface area contributed by atoms with Crippen LogP contribution in [0.25, 0.3) is 0 Å². The van der Waals surface area contributed by atoms with E-state index in [9.17, 15) is 0 Å². The van der Waals surface area contributed by atoms with Gasteiger partial charge in [0.2, 0.25) is 0 Å². The molecule has 1 aromatic heterocycles. The molecule has 1 rings (SSSR count). The zero-order valence-electron chi connectivity index (χ0n) is 13.1. The monoisotopic (exact) mass is 298 g/mol. The molecule has 0 saturated carbocycles. The van der Waals surface area contributed by atoms with Crippen molar-refractivity contribution >= 4 is 17.3 Å². The second-order valence-electron chi connectivity index (χ2n) is 5.19. The molecule has 0 aliphatic heterocycles. The minimum absolute atomic E-state index is 0.242. The number of guanidine groups is 1. The van der Waals surface area contributed by atoms with E-state index in [1.807, 2.05) is 20.8 Å². The number of rotatable bonds is 7. The molecule has 0 saturated heterocycles. The Kier molecular flexibility index (Phi) is 6.95. The van der Waals surface area contributed by atoms with Gasteiger partial charge in [-0.25, -0.2) is 4.98 Å². The molecule has 114 valence electrons. The lowest BCUT2D eigenvalue weighted by Gasteiger charge is -2.21. The van der Waals surface area contributed by atoms with Crippen molar-refractivity contribution in [3.63, 3.8) is 0 Å². The number of aromatic nitrogens is 1. The number of nitrogens with zero attached hydrogens (tertiary/aromatic N) is 2. The van der Waals surface area contributed by atoms with Crippen LogP contribution in [0.4, 0.5) is 0 Å². The number of aryl methyl sites for hydroxylation is 1. The first-order chi connectivity index (χ1) is 9.46. The fourth-order valence-electron chi connectivity index (χ4n) is 1.51. The van der Waals surface area contributed by atoms with Gasteiger partial charge in [0.05, 0.1) is 22.8 Å². The topological polar surface area (TPSA) is 58.5 Å². The van der Waals surface area contributed by atoms with Crippen molar-refractivity contribution in [2.24, 2.45) is 4.99 Å². The van der Waals surface area contributed by atoms with E-state index in [1.54, 1.807) is 18.4 Å². The highest BCUT2D eigenvalue weighted by Crippen LogP contribution is 2.08. The normalized spacial score (nSPS) is 12.6. The van der Waals surface area contributed by atoms with Crippen molar-refractivity contribution in [2.45, 2.75) is 39.7 Å². The Morgan fingerprint density at radius 2 is 2.20 bits per heavy atom. The fraction of sp³-hybridized carbons (Fsp3) is 0.714. The Hall–Kier alpha value is -1.14. The maximum atomic E-state index is 5.37. The molecule has 5 nitrogen and oxygen atoms in total. The van der Waals surface area contributed by atoms with E-state index in [-0.39, 0.29) is 5.60 Å². The quantitative estimate of drug-likeness (QED) is 0.597. The number of aliphatic imine (C=N–C) groups is 1. The smallest absolute Gasteiger partial charge is 0.191 e. The Morgan fingerprint density at radius 3 is 2.75 bits per heavy atom. The van der Waals surface area contributed by atoms with E-state index < -0.39 is 0 Å². The molecule has 0 aliphatic rings. The Balaban J connectivity index is 2.44. The zero-order chi connectivity index (χ0) is 15.0. The number of thiazole rings is 1. The summed E-state index contributed by atoms with van der Waals surface area (Å²) in [6.07, 6.45) is 0.905. The lowest BCUT2D eigenvalue weighted by Crippen LogP contribution is -2.40. The van der Waals surface area contributed by atoms with Crippen LogP contribution in [-0.2, 0) is 11.2 Å². The van der Waals surface area contributed by atoms with Crippen molar-refractivity contribution in [2.75, 3.05) is 26.7 Å². The summed E-state index contributed by atoms with van der Waals surface area (Å²) in [5.41, 5.74) is 0.891. The summed E-state index contributed by atoms with van der Waals surface area (Å²) in [6.45, 7) is 10.4. The van der Waals surface area contributed by atoms with E-state index in [0.29, 0.717) is 6.54 Å². The molecular weight excluding hydrogens is 272 g/mol. The van der Waals surface area contributed by atoms with Gasteiger partial charge in [0, 0.05) is 32.0 Å². The van der Waals surface area contributed by atoms with Gasteiger partial charge in [-0.1, -0.05) is 0 Å². The average molecular weight is 298 g/mol. The maximum absolute atomic E-state index is 5.37. The zero-order valence-corrected chi connectivity index (χ0v) is 13.9. The van der Waals surface area contributed by atoms with E-state index in [0.717, 1.165) is 36.2 Å². The second-order valence-corrected chi connectivity index (χ2v) is 6.26. The number of nitrogens with one attached hydrogen (secondary N) is 2. The van der Waals surface area contributed by atoms with Gasteiger partial charge in [-0.15, -0.1) is 11.3 Å². The van der Waals surface area contributed by atoms with Gasteiger partial charge in [-0.3, -0.25) is 4.99 Å². The van der Waals surface area contributed by atoms with Gasteiger partial charge in [-0.2, -0.15) is 0 Å². The van der Waals surface area contributed by atoms with Crippen molar-refractivity contribution in [3.05, 3.63) is 16.1 Å². The van der Waals surface area contributed by atoms with Crippen LogP contribution >= 0.6 is 11.3 Å². The minimum atomic E-state index is -0.242. The fourth-order valence-corrected chi connectivity index (χ4v) is 2.15. The molecule has 0 atom stereocenters. The highest BCUT2D eigenvalue weighted by molar-refractivity contribution is 7.09. The molecule has 0 unspecified atom stereocenters. The van der Waals surface area contributed by atoms with Crippen LogP contribution in [0.3, 0.4) is 0 Å². The molecule has 1 aromatic rings. The number of methoxy groups -OCH3 is 1. The first kappa shape index (κ1) is 16.9. The van der Waals surface area contributed by atoms with E-state index in [2.05, 4.69) is 32.9 Å². The van der Waals surface area contributed by atoms with Crippen LogP contribution in [0.2, 0.25) is 0 Å². The summed E-state index contributed by atoms with van der Waals surface area (Å²) in [7, 11) is 1.71. The number of hydrogen-bond acceptors (Lipinski definition) is 4. The van der Waals surface area contributed by atoms with Crippen LogP contribution in [0, 0.1) is 6.92 Å². The molecule has 0 bridgehead atoms. The molecule has 2 N–H and O–H groups in total. The number of hydrogen-bond donors (Lipinski definition) is 2. The maximum Gasteiger partial charge on any atom is 0.191 e. The first-order valence-corrected chi connectivity index (χ1v) is 7.83. The van der Waals surface area contributed by atoms with E-state index in [4.69, 9.17) is 4.74 Å². The molecule has 0 radical (unpaired) electrons. The van der Waals surface area contributed by atoms with Crippen LogP contribution in [0.5, 0.6) is 0 Å². The van der Waals surface area contributed by atoms with Crippen molar-refractivity contribution < 1.29 is 4.74 Å². The van der Waals surface area contributed by atoms with Gasteiger partial charge in [-0.05, 0) is 27.7 Å². The molecule has 0 spiro atoms. The summed E-state index contributed by atoms with van der Waals surface area (Å²) in [6, 6.07) is 0. The van der Waals surface area contributed by atoms with Crippen molar-refractivity contribution in [3.8, 4) is 0 Å². The van der Waals surface area contributed by atoms with Gasteiger partial charge in [0.25, 0.3) is 0 Å². The third-order valence-electron chi connectivity index (χ3n) is 2.85. The van der Waals surface area contributed by atoms with Gasteiger partial charge < -0.3 is 15.4 Å².